The number of allylic oxidation sites excluding steroid dienone is 2. The molecule has 2 nitrogen and oxygen atoms in total. The molecule has 0 saturated heterocycles. The van der Waals surface area contributed by atoms with Crippen LogP contribution in [0.4, 0.5) is 0 Å². The van der Waals surface area contributed by atoms with Crippen molar-refractivity contribution in [3.8, 4) is 77.9 Å². The van der Waals surface area contributed by atoms with Crippen molar-refractivity contribution in [3.63, 3.8) is 0 Å². The van der Waals surface area contributed by atoms with E-state index in [-0.39, 0.29) is 29.5 Å². The van der Waals surface area contributed by atoms with Crippen molar-refractivity contribution in [2.45, 2.75) is 108 Å². The monoisotopic (exact) mass is 1200 g/mol. The molecule has 454 valence electrons. The van der Waals surface area contributed by atoms with Crippen molar-refractivity contribution in [2.24, 2.45) is 0 Å². The van der Waals surface area contributed by atoms with E-state index in [1.165, 1.54) is 187 Å². The molecule has 0 saturated carbocycles. The largest absolute Gasteiger partial charge is 0.396 e. The van der Waals surface area contributed by atoms with Crippen LogP contribution in [0.5, 0.6) is 0 Å². The number of aliphatic hydroxyl groups excluding tert-OH is 2. The maximum atomic E-state index is 10.5. The van der Waals surface area contributed by atoms with E-state index in [0.717, 1.165) is 12.8 Å². The third kappa shape index (κ3) is 8.27. The zero-order valence-corrected chi connectivity index (χ0v) is 54.8. The van der Waals surface area contributed by atoms with Crippen LogP contribution in [0.25, 0.3) is 143 Å². The van der Waals surface area contributed by atoms with Crippen molar-refractivity contribution >= 4 is 64.6 Å². The summed E-state index contributed by atoms with van der Waals surface area (Å²) in [7, 11) is 0. The van der Waals surface area contributed by atoms with Gasteiger partial charge in [-0.1, -0.05) is 237 Å². The first-order valence-corrected chi connectivity index (χ1v) is 33.7. The molecule has 0 amide bonds. The number of hydrogen-bond acceptors (Lipinski definition) is 2. The van der Waals surface area contributed by atoms with Crippen molar-refractivity contribution in [1.29, 1.82) is 0 Å². The Labute approximate surface area is 546 Å². The molecule has 0 bridgehead atoms. The molecule has 14 aromatic rings. The first-order chi connectivity index (χ1) is 44.8. The van der Waals surface area contributed by atoms with Crippen LogP contribution in [-0.2, 0) is 27.1 Å². The lowest BCUT2D eigenvalue weighted by atomic mass is 9.73. The molecule has 0 spiro atoms. The Balaban J connectivity index is 0.699. The molecule has 3 aliphatic carbocycles. The van der Waals surface area contributed by atoms with E-state index in [4.69, 9.17) is 0 Å². The predicted molar refractivity (Wildman–Crippen MR) is 396 cm³/mol. The first-order valence-electron chi connectivity index (χ1n) is 33.7. The number of rotatable bonds is 12. The molecular weight excluding hydrogens is 1120 g/mol. The second-order valence-electron chi connectivity index (χ2n) is 30.1. The van der Waals surface area contributed by atoms with Crippen LogP contribution in [-0.4, -0.2) is 23.4 Å². The van der Waals surface area contributed by atoms with Gasteiger partial charge in [0.1, 0.15) is 0 Å². The lowest BCUT2D eigenvalue weighted by molar-refractivity contribution is 0.276. The molecule has 0 radical (unpaired) electrons. The topological polar surface area (TPSA) is 40.5 Å². The molecule has 2 N–H and O–H groups in total. The van der Waals surface area contributed by atoms with E-state index in [0.29, 0.717) is 12.8 Å². The van der Waals surface area contributed by atoms with Gasteiger partial charge in [-0.3, -0.25) is 0 Å². The Kier molecular flexibility index (Phi) is 12.5. The average molecular weight is 1200 g/mol. The summed E-state index contributed by atoms with van der Waals surface area (Å²) < 4.78 is 0. The number of fused-ring (bicyclic) bond motifs is 9. The Morgan fingerprint density at radius 1 is 0.312 bits per heavy atom. The van der Waals surface area contributed by atoms with Gasteiger partial charge in [0, 0.05) is 29.5 Å². The van der Waals surface area contributed by atoms with Crippen LogP contribution in [0.3, 0.4) is 0 Å². The predicted octanol–water partition coefficient (Wildman–Crippen LogP) is 23.5. The summed E-state index contributed by atoms with van der Waals surface area (Å²) >= 11 is 0. The van der Waals surface area contributed by atoms with Crippen LogP contribution in [0.1, 0.15) is 126 Å². The highest BCUT2D eigenvalue weighted by Crippen LogP contribution is 2.58. The molecule has 0 fully saturated rings. The SMILES string of the molecule is C=CC1(CCCO)c2cc(-c3ccc4c(c3)C(C)(C)c3cc(-c5ccc6c(c5)C(C=C)(CCCO)c5cc(-c7ccc8ccc9cc(C(C)(C)C)cc%10ccc7c8c9%10)ccc5-6)ccc3-4)ccc2-c2ccc(-c3ccc4ccc5cc(C(C)(C)C)cc6ccc3c4c56)cc21. The number of hydrogen-bond donors (Lipinski definition) is 2. The Bertz CT molecular complexity index is 5140. The summed E-state index contributed by atoms with van der Waals surface area (Å²) in [4.78, 5) is 0. The Morgan fingerprint density at radius 2 is 0.581 bits per heavy atom. The highest BCUT2D eigenvalue weighted by Gasteiger charge is 2.44. The second-order valence-corrected chi connectivity index (χ2v) is 30.1. The molecule has 2 unspecified atom stereocenters. The lowest BCUT2D eigenvalue weighted by Gasteiger charge is -2.29. The maximum absolute atomic E-state index is 10.5. The minimum absolute atomic E-state index is 0.0508. The van der Waals surface area contributed by atoms with Crippen molar-refractivity contribution in [1.82, 2.24) is 0 Å². The minimum Gasteiger partial charge on any atom is -0.396 e. The summed E-state index contributed by atoms with van der Waals surface area (Å²) in [5.41, 5.74) is 26.3. The highest BCUT2D eigenvalue weighted by atomic mass is 16.3. The third-order valence-corrected chi connectivity index (χ3v) is 22.6. The molecule has 0 heterocycles. The molecule has 17 rings (SSSR count). The number of benzene rings is 14. The normalized spacial score (nSPS) is 17.0. The van der Waals surface area contributed by atoms with E-state index in [9.17, 15) is 10.2 Å². The van der Waals surface area contributed by atoms with Gasteiger partial charge in [-0.25, -0.2) is 0 Å². The van der Waals surface area contributed by atoms with Crippen LogP contribution >= 0.6 is 0 Å². The fraction of sp³-hybridized carbons (Fsp3) is 0.209. The highest BCUT2D eigenvalue weighted by molar-refractivity contribution is 6.27. The minimum atomic E-state index is -0.494. The van der Waals surface area contributed by atoms with Crippen LogP contribution in [0.2, 0.25) is 0 Å². The summed E-state index contributed by atoms with van der Waals surface area (Å²) in [5.74, 6) is 0. The first kappa shape index (κ1) is 57.5. The smallest absolute Gasteiger partial charge is 0.0431 e. The molecule has 0 aliphatic heterocycles. The molecule has 2 heteroatoms. The van der Waals surface area contributed by atoms with Crippen molar-refractivity contribution in [2.75, 3.05) is 13.2 Å². The lowest BCUT2D eigenvalue weighted by Crippen LogP contribution is -2.23. The summed E-state index contributed by atoms with van der Waals surface area (Å²) in [6.45, 7) is 28.0. The average Bonchev–Trinajstić information content (AvgIpc) is 1.72. The van der Waals surface area contributed by atoms with Crippen LogP contribution < -0.4 is 0 Å². The maximum Gasteiger partial charge on any atom is 0.0431 e. The van der Waals surface area contributed by atoms with Crippen LogP contribution in [0.15, 0.2) is 232 Å². The van der Waals surface area contributed by atoms with Gasteiger partial charge >= 0.3 is 0 Å². The molecule has 93 heavy (non-hydrogen) atoms. The fourth-order valence-corrected chi connectivity index (χ4v) is 17.6. The van der Waals surface area contributed by atoms with Gasteiger partial charge in [-0.05, 0) is 260 Å². The van der Waals surface area contributed by atoms with E-state index >= 15 is 0 Å². The Hall–Kier alpha value is -9.44. The zero-order valence-electron chi connectivity index (χ0n) is 54.8. The second kappa shape index (κ2) is 20.3. The van der Waals surface area contributed by atoms with E-state index in [2.05, 4.69) is 287 Å². The third-order valence-electron chi connectivity index (χ3n) is 22.6. The molecule has 0 aromatic heterocycles. The molecule has 2 atom stereocenters. The van der Waals surface area contributed by atoms with Gasteiger partial charge in [0.05, 0.1) is 0 Å². The molecular formula is C91H78O2. The van der Waals surface area contributed by atoms with Gasteiger partial charge in [0.15, 0.2) is 0 Å². The van der Waals surface area contributed by atoms with Gasteiger partial charge in [0.2, 0.25) is 0 Å². The van der Waals surface area contributed by atoms with Gasteiger partial charge in [0.25, 0.3) is 0 Å². The number of aliphatic hydroxyl groups is 2. The fourth-order valence-electron chi connectivity index (χ4n) is 17.6. The summed E-state index contributed by atoms with van der Waals surface area (Å²) in [6.07, 6.45) is 7.14. The summed E-state index contributed by atoms with van der Waals surface area (Å²) in [6, 6.07) is 79.9. The van der Waals surface area contributed by atoms with Crippen molar-refractivity contribution < 1.29 is 10.2 Å². The van der Waals surface area contributed by atoms with Gasteiger partial charge in [-0.15, -0.1) is 13.2 Å². The van der Waals surface area contributed by atoms with Crippen molar-refractivity contribution in [3.05, 3.63) is 276 Å². The van der Waals surface area contributed by atoms with Gasteiger partial charge in [-0.2, -0.15) is 0 Å². The van der Waals surface area contributed by atoms with Gasteiger partial charge < -0.3 is 10.2 Å². The molecule has 3 aliphatic rings. The van der Waals surface area contributed by atoms with E-state index in [1.807, 2.05) is 0 Å². The Morgan fingerprint density at radius 3 is 0.903 bits per heavy atom. The van der Waals surface area contributed by atoms with Crippen LogP contribution in [0, 0.1) is 0 Å². The zero-order chi connectivity index (χ0) is 63.8. The molecule has 14 aromatic carbocycles. The van der Waals surface area contributed by atoms with E-state index in [1.54, 1.807) is 0 Å². The summed E-state index contributed by atoms with van der Waals surface area (Å²) in [5, 5.41) is 36.6. The quantitative estimate of drug-likeness (QED) is 0.0945. The standard InChI is InChI=1S/C91H78O2/c1-11-90(39-13-41-92)79-49-57(23-33-71(79)73-35-25-59(51-81(73)90)67-29-19-53-15-17-61-43-65(87(3,4)5)45-63-27-37-75(67)85(53)83(61)63)55-21-31-69-70-32-22-56(48-78(70)89(9,10)77(69)47-55)58-24-34-72-74-36-26-60(52-82(74)91(12-2,40-14-42-93)80(72)50-58)68-30-20-54-16-18-62-44-66(88(6,7)8)46-64-28-38-76(68)86(54)84(62)64/h11-12,15-38,43-52,92-93H,1-2,13-14,39-42H2,3-10H3. The van der Waals surface area contributed by atoms with E-state index < -0.39 is 10.8 Å².